The molecule has 0 fully saturated rings. The summed E-state index contributed by atoms with van der Waals surface area (Å²) < 4.78 is 0. The Bertz CT molecular complexity index is 380. The van der Waals surface area contributed by atoms with Gasteiger partial charge in [0, 0.05) is 19.2 Å². The Hall–Kier alpha value is -1.91. The summed E-state index contributed by atoms with van der Waals surface area (Å²) in [7, 11) is 0. The van der Waals surface area contributed by atoms with E-state index in [1.807, 2.05) is 19.1 Å². The average molecular weight is 235 g/mol. The third-order valence-electron chi connectivity index (χ3n) is 2.18. The molecule has 0 atom stereocenters. The number of carbonyl (C=O) groups is 2. The van der Waals surface area contributed by atoms with Crippen LogP contribution in [0.25, 0.3) is 0 Å². The van der Waals surface area contributed by atoms with Gasteiger partial charge in [-0.2, -0.15) is 0 Å². The lowest BCUT2D eigenvalue weighted by molar-refractivity contribution is -0.122. The molecule has 5 heteroatoms. The van der Waals surface area contributed by atoms with Crippen LogP contribution in [0.15, 0.2) is 18.3 Å². The van der Waals surface area contributed by atoms with Gasteiger partial charge >= 0.3 is 0 Å². The van der Waals surface area contributed by atoms with Crippen LogP contribution in [0.5, 0.6) is 0 Å². The zero-order valence-corrected chi connectivity index (χ0v) is 9.90. The Labute approximate surface area is 101 Å². The van der Waals surface area contributed by atoms with E-state index < -0.39 is 0 Å². The van der Waals surface area contributed by atoms with E-state index in [1.165, 1.54) is 0 Å². The molecule has 1 heterocycles. The molecule has 1 rings (SSSR count). The number of nitrogens with one attached hydrogen (secondary N) is 2. The van der Waals surface area contributed by atoms with Gasteiger partial charge < -0.3 is 15.4 Å². The van der Waals surface area contributed by atoms with Crippen molar-refractivity contribution in [2.24, 2.45) is 0 Å². The van der Waals surface area contributed by atoms with E-state index in [-0.39, 0.29) is 12.5 Å². The van der Waals surface area contributed by atoms with Crippen molar-refractivity contribution in [3.8, 4) is 0 Å². The molecule has 1 amide bonds. The van der Waals surface area contributed by atoms with Gasteiger partial charge in [0.05, 0.1) is 6.54 Å². The van der Waals surface area contributed by atoms with Gasteiger partial charge in [-0.05, 0) is 31.0 Å². The van der Waals surface area contributed by atoms with Crippen LogP contribution in [-0.2, 0) is 9.59 Å². The molecule has 0 aromatic carbocycles. The van der Waals surface area contributed by atoms with E-state index >= 15 is 0 Å². The van der Waals surface area contributed by atoms with Gasteiger partial charge in [-0.3, -0.25) is 4.79 Å². The predicted molar refractivity (Wildman–Crippen MR) is 65.8 cm³/mol. The van der Waals surface area contributed by atoms with Gasteiger partial charge in [0.2, 0.25) is 5.91 Å². The molecule has 0 aliphatic rings. The second-order valence-electron chi connectivity index (χ2n) is 3.72. The lowest BCUT2D eigenvalue weighted by Gasteiger charge is -2.05. The number of amides is 1. The van der Waals surface area contributed by atoms with Crippen molar-refractivity contribution in [2.45, 2.75) is 19.8 Å². The molecule has 0 aliphatic carbocycles. The fourth-order valence-corrected chi connectivity index (χ4v) is 1.34. The zero-order chi connectivity index (χ0) is 12.5. The third kappa shape index (κ3) is 5.65. The molecule has 0 spiro atoms. The lowest BCUT2D eigenvalue weighted by atomic mass is 10.2. The predicted octanol–water partition coefficient (Wildman–Crippen LogP) is 0.897. The van der Waals surface area contributed by atoms with E-state index in [1.54, 1.807) is 6.20 Å². The van der Waals surface area contributed by atoms with Crippen molar-refractivity contribution in [3.63, 3.8) is 0 Å². The maximum atomic E-state index is 11.2. The number of pyridine rings is 1. The molecular weight excluding hydrogens is 218 g/mol. The highest BCUT2D eigenvalue weighted by atomic mass is 16.2. The summed E-state index contributed by atoms with van der Waals surface area (Å²) in [5.74, 6) is 0.717. The number of carbonyl (C=O) groups excluding carboxylic acids is 2. The zero-order valence-electron chi connectivity index (χ0n) is 9.90. The van der Waals surface area contributed by atoms with Gasteiger partial charge in [0.1, 0.15) is 12.1 Å². The number of aldehydes is 1. The minimum atomic E-state index is -0.101. The first-order chi connectivity index (χ1) is 8.22. The average Bonchev–Trinajstić information content (AvgIpc) is 2.32. The summed E-state index contributed by atoms with van der Waals surface area (Å²) in [6, 6.07) is 3.88. The Balaban J connectivity index is 2.16. The largest absolute Gasteiger partial charge is 0.370 e. The smallest absolute Gasteiger partial charge is 0.220 e. The summed E-state index contributed by atoms with van der Waals surface area (Å²) in [5, 5.41) is 5.63. The summed E-state index contributed by atoms with van der Waals surface area (Å²) in [6.45, 7) is 2.77. The van der Waals surface area contributed by atoms with Crippen LogP contribution in [0.4, 0.5) is 5.82 Å². The SMILES string of the molecule is Cc1ccnc(NCCCC(=O)NCC=O)c1. The van der Waals surface area contributed by atoms with E-state index in [9.17, 15) is 9.59 Å². The van der Waals surface area contributed by atoms with Gasteiger partial charge in [-0.1, -0.05) is 0 Å². The molecule has 5 nitrogen and oxygen atoms in total. The molecule has 17 heavy (non-hydrogen) atoms. The Morgan fingerprint density at radius 2 is 2.35 bits per heavy atom. The van der Waals surface area contributed by atoms with Gasteiger partial charge in [-0.25, -0.2) is 4.98 Å². The molecular formula is C12H17N3O2. The molecule has 92 valence electrons. The highest BCUT2D eigenvalue weighted by Gasteiger charge is 1.99. The second kappa shape index (κ2) is 7.38. The summed E-state index contributed by atoms with van der Waals surface area (Å²) in [6.07, 6.45) is 3.54. The van der Waals surface area contributed by atoms with Crippen LogP contribution in [0.3, 0.4) is 0 Å². The first-order valence-corrected chi connectivity index (χ1v) is 5.59. The number of nitrogens with zero attached hydrogens (tertiary/aromatic N) is 1. The maximum absolute atomic E-state index is 11.2. The van der Waals surface area contributed by atoms with Crippen LogP contribution in [0, 0.1) is 6.92 Å². The van der Waals surface area contributed by atoms with Crippen molar-refractivity contribution >= 4 is 18.0 Å². The van der Waals surface area contributed by atoms with E-state index in [0.29, 0.717) is 25.7 Å². The topological polar surface area (TPSA) is 71.1 Å². The van der Waals surface area contributed by atoms with Crippen molar-refractivity contribution in [2.75, 3.05) is 18.4 Å². The van der Waals surface area contributed by atoms with Crippen molar-refractivity contribution in [1.82, 2.24) is 10.3 Å². The molecule has 2 N–H and O–H groups in total. The fraction of sp³-hybridized carbons (Fsp3) is 0.417. The van der Waals surface area contributed by atoms with Gasteiger partial charge in [0.15, 0.2) is 0 Å². The molecule has 0 saturated heterocycles. The Kier molecular flexibility index (Phi) is 5.71. The number of hydrogen-bond acceptors (Lipinski definition) is 4. The van der Waals surface area contributed by atoms with Crippen LogP contribution in [0.2, 0.25) is 0 Å². The summed E-state index contributed by atoms with van der Waals surface area (Å²) in [5.41, 5.74) is 1.14. The maximum Gasteiger partial charge on any atom is 0.220 e. The number of anilines is 1. The molecule has 0 radical (unpaired) electrons. The normalized spacial score (nSPS) is 9.71. The summed E-state index contributed by atoms with van der Waals surface area (Å²) >= 11 is 0. The fourth-order valence-electron chi connectivity index (χ4n) is 1.34. The Morgan fingerprint density at radius 1 is 1.53 bits per heavy atom. The van der Waals surface area contributed by atoms with Crippen LogP contribution < -0.4 is 10.6 Å². The van der Waals surface area contributed by atoms with Crippen molar-refractivity contribution < 1.29 is 9.59 Å². The second-order valence-corrected chi connectivity index (χ2v) is 3.72. The molecule has 0 bridgehead atoms. The van der Waals surface area contributed by atoms with Crippen LogP contribution in [0.1, 0.15) is 18.4 Å². The molecule has 1 aromatic heterocycles. The number of rotatable bonds is 7. The van der Waals surface area contributed by atoms with Gasteiger partial charge in [0.25, 0.3) is 0 Å². The minimum Gasteiger partial charge on any atom is -0.370 e. The molecule has 0 saturated carbocycles. The molecule has 1 aromatic rings. The van der Waals surface area contributed by atoms with E-state index in [4.69, 9.17) is 0 Å². The quantitative estimate of drug-likeness (QED) is 0.544. The highest BCUT2D eigenvalue weighted by Crippen LogP contribution is 2.05. The van der Waals surface area contributed by atoms with E-state index in [0.717, 1.165) is 11.4 Å². The number of hydrogen-bond donors (Lipinski definition) is 2. The molecule has 0 aliphatic heterocycles. The third-order valence-corrected chi connectivity index (χ3v) is 2.18. The van der Waals surface area contributed by atoms with Crippen LogP contribution >= 0.6 is 0 Å². The molecule has 0 unspecified atom stereocenters. The number of aryl methyl sites for hydroxylation is 1. The van der Waals surface area contributed by atoms with Crippen LogP contribution in [-0.4, -0.2) is 30.3 Å². The highest BCUT2D eigenvalue weighted by molar-refractivity contribution is 5.78. The standard InChI is InChI=1S/C12H17N3O2/c1-10-4-6-14-11(9-10)13-5-2-3-12(17)15-7-8-16/h4,6,8-9H,2-3,5,7H2,1H3,(H,13,14)(H,15,17). The number of aromatic nitrogens is 1. The van der Waals surface area contributed by atoms with Crippen molar-refractivity contribution in [3.05, 3.63) is 23.9 Å². The monoisotopic (exact) mass is 235 g/mol. The first-order valence-electron chi connectivity index (χ1n) is 5.59. The van der Waals surface area contributed by atoms with Crippen molar-refractivity contribution in [1.29, 1.82) is 0 Å². The van der Waals surface area contributed by atoms with Gasteiger partial charge in [-0.15, -0.1) is 0 Å². The Morgan fingerprint density at radius 3 is 3.06 bits per heavy atom. The summed E-state index contributed by atoms with van der Waals surface area (Å²) in [4.78, 5) is 25.3. The first kappa shape index (κ1) is 13.2. The lowest BCUT2D eigenvalue weighted by Crippen LogP contribution is -2.25. The van der Waals surface area contributed by atoms with E-state index in [2.05, 4.69) is 15.6 Å². The minimum absolute atomic E-state index is 0.0890.